The Balaban J connectivity index is 2.05. The molecule has 2 aromatic heterocycles. The van der Waals surface area contributed by atoms with Gasteiger partial charge in [-0.1, -0.05) is 5.16 Å². The Kier molecular flexibility index (Phi) is 3.76. The molecule has 0 aliphatic carbocycles. The number of nitrogens with zero attached hydrogens (tertiary/aromatic N) is 4. The van der Waals surface area contributed by atoms with Crippen molar-refractivity contribution in [3.63, 3.8) is 0 Å². The minimum absolute atomic E-state index is 0.00366. The molecule has 106 valence electrons. The third-order valence-corrected chi connectivity index (χ3v) is 2.32. The number of nitriles is 1. The molecule has 20 heavy (non-hydrogen) atoms. The van der Waals surface area contributed by atoms with E-state index in [0.29, 0.717) is 11.3 Å². The lowest BCUT2D eigenvalue weighted by atomic mass is 10.3. The van der Waals surface area contributed by atoms with Crippen LogP contribution in [0.4, 0.5) is 13.2 Å². The first-order valence-corrected chi connectivity index (χ1v) is 5.43. The number of hydrogen-bond acceptors (Lipinski definition) is 5. The van der Waals surface area contributed by atoms with Gasteiger partial charge in [-0.05, 0) is 6.07 Å². The van der Waals surface area contributed by atoms with Crippen LogP contribution in [0.2, 0.25) is 0 Å². The highest BCUT2D eigenvalue weighted by atomic mass is 19.4. The highest BCUT2D eigenvalue weighted by Gasteiger charge is 2.27. The number of alkyl halides is 3. The molecule has 6 nitrogen and oxygen atoms in total. The molecule has 0 amide bonds. The molecule has 0 atom stereocenters. The van der Waals surface area contributed by atoms with E-state index in [1.165, 1.54) is 6.07 Å². The summed E-state index contributed by atoms with van der Waals surface area (Å²) in [4.78, 5) is 3.91. The Morgan fingerprint density at radius 3 is 2.85 bits per heavy atom. The fraction of sp³-hybridized carbons (Fsp3) is 0.364. The molecular weight excluding hydrogens is 277 g/mol. The smallest absolute Gasteiger partial charge is 0.364 e. The molecule has 2 rings (SSSR count). The maximum Gasteiger partial charge on any atom is 0.411 e. The largest absolute Gasteiger partial charge is 0.411 e. The van der Waals surface area contributed by atoms with E-state index in [1.807, 2.05) is 6.07 Å². The molecule has 0 bridgehead atoms. The summed E-state index contributed by atoms with van der Waals surface area (Å²) in [5.74, 6) is 0.114. The summed E-state index contributed by atoms with van der Waals surface area (Å²) in [6.45, 7) is -1.78. The molecule has 0 unspecified atom stereocenters. The predicted molar refractivity (Wildman–Crippen MR) is 59.1 cm³/mol. The molecule has 0 aromatic carbocycles. The standard InChI is InChI=1S/C11H9F3N4O2/c1-18-4-7(3-15)2-8(18)10-16-9(17-20-10)5-19-6-11(12,13)14/h2,4H,5-6H2,1H3. The number of aryl methyl sites for hydroxylation is 1. The number of hydrogen-bond donors (Lipinski definition) is 0. The van der Waals surface area contributed by atoms with Gasteiger partial charge in [0.05, 0.1) is 5.56 Å². The molecule has 2 aromatic rings. The third-order valence-electron chi connectivity index (χ3n) is 2.32. The summed E-state index contributed by atoms with van der Waals surface area (Å²) in [6, 6.07) is 3.49. The van der Waals surface area contributed by atoms with Crippen LogP contribution in [0, 0.1) is 11.3 Å². The normalized spacial score (nSPS) is 11.6. The summed E-state index contributed by atoms with van der Waals surface area (Å²) in [6.07, 6.45) is -2.83. The molecule has 0 radical (unpaired) electrons. The van der Waals surface area contributed by atoms with Crippen LogP contribution < -0.4 is 0 Å². The molecule has 0 fully saturated rings. The van der Waals surface area contributed by atoms with Crippen molar-refractivity contribution in [1.82, 2.24) is 14.7 Å². The zero-order valence-corrected chi connectivity index (χ0v) is 10.3. The summed E-state index contributed by atoms with van der Waals surface area (Å²) in [5.41, 5.74) is 0.909. The van der Waals surface area contributed by atoms with Crippen LogP contribution in [-0.2, 0) is 18.4 Å². The second-order valence-electron chi connectivity index (χ2n) is 3.96. The van der Waals surface area contributed by atoms with Crippen LogP contribution in [0.25, 0.3) is 11.6 Å². The fourth-order valence-corrected chi connectivity index (χ4v) is 1.51. The van der Waals surface area contributed by atoms with Crippen molar-refractivity contribution < 1.29 is 22.4 Å². The second-order valence-corrected chi connectivity index (χ2v) is 3.96. The number of aromatic nitrogens is 3. The molecule has 0 N–H and O–H groups in total. The van der Waals surface area contributed by atoms with Crippen molar-refractivity contribution in [2.75, 3.05) is 6.61 Å². The van der Waals surface area contributed by atoms with Crippen LogP contribution in [0.3, 0.4) is 0 Å². The van der Waals surface area contributed by atoms with Gasteiger partial charge in [-0.3, -0.25) is 0 Å². The molecule has 0 saturated carbocycles. The zero-order chi connectivity index (χ0) is 14.8. The molecule has 2 heterocycles. The maximum absolute atomic E-state index is 11.9. The maximum atomic E-state index is 11.9. The molecule has 0 aliphatic heterocycles. The lowest BCUT2D eigenvalue weighted by Gasteiger charge is -2.04. The third kappa shape index (κ3) is 3.36. The van der Waals surface area contributed by atoms with Gasteiger partial charge < -0.3 is 13.8 Å². The van der Waals surface area contributed by atoms with Gasteiger partial charge in [-0.2, -0.15) is 23.4 Å². The predicted octanol–water partition coefficient (Wildman–Crippen LogP) is 2.03. The topological polar surface area (TPSA) is 76.9 Å². The second kappa shape index (κ2) is 5.34. The van der Waals surface area contributed by atoms with Crippen LogP contribution in [-0.4, -0.2) is 27.5 Å². The zero-order valence-electron chi connectivity index (χ0n) is 10.3. The minimum atomic E-state index is -4.40. The van der Waals surface area contributed by atoms with Gasteiger partial charge in [0.2, 0.25) is 0 Å². The quantitative estimate of drug-likeness (QED) is 0.859. The molecule has 0 saturated heterocycles. The van der Waals surface area contributed by atoms with E-state index in [0.717, 1.165) is 0 Å². The first kappa shape index (κ1) is 14.1. The van der Waals surface area contributed by atoms with Gasteiger partial charge in [0, 0.05) is 13.2 Å². The Labute approximate surface area is 111 Å². The van der Waals surface area contributed by atoms with Gasteiger partial charge in [0.25, 0.3) is 5.89 Å². The molecular formula is C11H9F3N4O2. The van der Waals surface area contributed by atoms with Crippen molar-refractivity contribution in [2.45, 2.75) is 12.8 Å². The first-order chi connectivity index (χ1) is 9.39. The molecule has 0 aliphatic rings. The van der Waals surface area contributed by atoms with E-state index in [2.05, 4.69) is 14.9 Å². The van der Waals surface area contributed by atoms with Crippen molar-refractivity contribution in [2.24, 2.45) is 7.05 Å². The Morgan fingerprint density at radius 2 is 2.25 bits per heavy atom. The average Bonchev–Trinajstić information content (AvgIpc) is 2.94. The highest BCUT2D eigenvalue weighted by Crippen LogP contribution is 2.20. The van der Waals surface area contributed by atoms with Crippen molar-refractivity contribution in [3.05, 3.63) is 23.7 Å². The summed E-state index contributed by atoms with van der Waals surface area (Å²) in [5, 5.41) is 12.3. The highest BCUT2D eigenvalue weighted by molar-refractivity contribution is 5.52. The van der Waals surface area contributed by atoms with Crippen LogP contribution in [0.15, 0.2) is 16.8 Å². The van der Waals surface area contributed by atoms with Crippen LogP contribution >= 0.6 is 0 Å². The van der Waals surface area contributed by atoms with Gasteiger partial charge in [0.15, 0.2) is 5.82 Å². The van der Waals surface area contributed by atoms with E-state index in [-0.39, 0.29) is 11.7 Å². The summed E-state index contributed by atoms with van der Waals surface area (Å²) in [7, 11) is 1.68. The fourth-order valence-electron chi connectivity index (χ4n) is 1.51. The van der Waals surface area contributed by atoms with Crippen molar-refractivity contribution >= 4 is 0 Å². The van der Waals surface area contributed by atoms with Crippen LogP contribution in [0.1, 0.15) is 11.4 Å². The van der Waals surface area contributed by atoms with Gasteiger partial charge in [-0.25, -0.2) is 0 Å². The lowest BCUT2D eigenvalue weighted by Crippen LogP contribution is -2.16. The summed E-state index contributed by atoms with van der Waals surface area (Å²) >= 11 is 0. The van der Waals surface area contributed by atoms with E-state index in [4.69, 9.17) is 9.78 Å². The number of rotatable bonds is 4. The van der Waals surface area contributed by atoms with E-state index in [9.17, 15) is 13.2 Å². The first-order valence-electron chi connectivity index (χ1n) is 5.43. The van der Waals surface area contributed by atoms with Crippen LogP contribution in [0.5, 0.6) is 0 Å². The monoisotopic (exact) mass is 286 g/mol. The molecule has 0 spiro atoms. The Morgan fingerprint density at radius 1 is 1.50 bits per heavy atom. The summed E-state index contributed by atoms with van der Waals surface area (Å²) < 4.78 is 46.6. The molecule has 9 heteroatoms. The van der Waals surface area contributed by atoms with Gasteiger partial charge >= 0.3 is 6.18 Å². The Hall–Kier alpha value is -2.34. The van der Waals surface area contributed by atoms with E-state index in [1.54, 1.807) is 17.8 Å². The number of halogens is 3. The van der Waals surface area contributed by atoms with Gasteiger partial charge in [-0.15, -0.1) is 0 Å². The van der Waals surface area contributed by atoms with E-state index < -0.39 is 19.4 Å². The average molecular weight is 286 g/mol. The van der Waals surface area contributed by atoms with Crippen molar-refractivity contribution in [1.29, 1.82) is 5.26 Å². The lowest BCUT2D eigenvalue weighted by molar-refractivity contribution is -0.177. The van der Waals surface area contributed by atoms with Crippen molar-refractivity contribution in [3.8, 4) is 17.7 Å². The number of ether oxygens (including phenoxy) is 1. The van der Waals surface area contributed by atoms with Gasteiger partial charge in [0.1, 0.15) is 25.0 Å². The minimum Gasteiger partial charge on any atom is -0.364 e. The van der Waals surface area contributed by atoms with E-state index >= 15 is 0 Å². The SMILES string of the molecule is Cn1cc(C#N)cc1-c1nc(COCC(F)(F)F)no1. The Bertz CT molecular complexity index is 639.